The van der Waals surface area contributed by atoms with Crippen LogP contribution in [0.5, 0.6) is 0 Å². The number of aliphatic hydroxyl groups is 4. The van der Waals surface area contributed by atoms with Gasteiger partial charge in [0.1, 0.15) is 62.0 Å². The molecule has 23 nitrogen and oxygen atoms in total. The van der Waals surface area contributed by atoms with Crippen molar-refractivity contribution in [3.05, 3.63) is 251 Å². The first-order chi connectivity index (χ1) is 43.7. The number of hydrogen-bond acceptors (Lipinski definition) is 23. The van der Waals surface area contributed by atoms with Crippen LogP contribution in [0.25, 0.3) is 0 Å². The zero-order valence-corrected chi connectivity index (χ0v) is 47.5. The molecule has 15 unspecified atom stereocenters. The number of hydrogen-bond donors (Lipinski definition) is 4. The summed E-state index contributed by atoms with van der Waals surface area (Å²) in [4.78, 5) is 101. The van der Waals surface area contributed by atoms with Crippen LogP contribution in [0.4, 0.5) is 0 Å². The fraction of sp³-hybridized carbons (Fsp3) is 0.269. The lowest BCUT2D eigenvalue weighted by atomic mass is 9.95. The van der Waals surface area contributed by atoms with Crippen LogP contribution in [0.3, 0.4) is 0 Å². The van der Waals surface area contributed by atoms with Crippen molar-refractivity contribution in [3.8, 4) is 0 Å². The summed E-state index contributed by atoms with van der Waals surface area (Å²) in [7, 11) is 0. The molecular formula is C67H60O23. The maximum Gasteiger partial charge on any atom is 0.340 e. The number of aliphatic hydroxyl groups excluding tert-OH is 4. The lowest BCUT2D eigenvalue weighted by Gasteiger charge is -2.50. The molecule has 0 aromatic heterocycles. The van der Waals surface area contributed by atoms with E-state index in [0.717, 1.165) is 0 Å². The Labute approximate surface area is 514 Å². The van der Waals surface area contributed by atoms with Crippen molar-refractivity contribution >= 4 is 41.8 Å². The second kappa shape index (κ2) is 30.1. The Morgan fingerprint density at radius 2 is 0.556 bits per heavy atom. The van der Waals surface area contributed by atoms with Crippen molar-refractivity contribution in [2.45, 2.75) is 92.1 Å². The minimum absolute atomic E-state index is 0.00763. The predicted molar refractivity (Wildman–Crippen MR) is 309 cm³/mol. The van der Waals surface area contributed by atoms with Crippen molar-refractivity contribution in [2.24, 2.45) is 0 Å². The van der Waals surface area contributed by atoms with Gasteiger partial charge < -0.3 is 77.3 Å². The standard InChI is InChI=1S/C67H60O23/c68-36-46-49(69)50(70)51(71)65(81-46)88-52-47(37-79-58(72)39-22-8-1-9-23-39)82-66(56(86-62(76)43-30-16-5-17-31-43)54(52)84-60(74)41-26-12-3-13-27-41)89-53-48(38-80-59(73)40-24-10-2-11-25-40)83-67(90-64(78)45-34-20-7-21-35-45)57(87-63(77)44-32-18-6-19-33-44)55(53)85-61(75)42-28-14-4-15-29-42/h1-35,46-57,65-71H,36-38H2. The fourth-order valence-corrected chi connectivity index (χ4v) is 10.0. The van der Waals surface area contributed by atoms with Gasteiger partial charge in [0.15, 0.2) is 30.9 Å². The highest BCUT2D eigenvalue weighted by Crippen LogP contribution is 2.38. The molecule has 0 saturated carbocycles. The van der Waals surface area contributed by atoms with E-state index < -0.39 is 154 Å². The Bertz CT molecular complexity index is 3510. The van der Waals surface area contributed by atoms with Gasteiger partial charge in [0, 0.05) is 0 Å². The lowest BCUT2D eigenvalue weighted by Crippen LogP contribution is -2.68. The zero-order valence-electron chi connectivity index (χ0n) is 47.5. The average molecular weight is 1230 g/mol. The SMILES string of the molecule is O=C(OCC1OC(OC2C(COC(=O)c3ccccc3)OC(OC(=O)c3ccccc3)C(OC(=O)c3ccccc3)C2OC(=O)c2ccccc2)C(OC(=O)c2ccccc2)C(OC(=O)c2ccccc2)C1OC1OC(CO)C(O)C(O)C1O)c1ccccc1. The number of rotatable bonds is 21. The molecule has 466 valence electrons. The molecule has 15 atom stereocenters. The molecule has 10 rings (SSSR count). The monoisotopic (exact) mass is 1230 g/mol. The normalized spacial score (nSPS) is 26.3. The third kappa shape index (κ3) is 15.5. The molecule has 3 fully saturated rings. The van der Waals surface area contributed by atoms with E-state index >= 15 is 0 Å². The van der Waals surface area contributed by atoms with E-state index in [9.17, 15) is 54.0 Å². The van der Waals surface area contributed by atoms with Crippen molar-refractivity contribution in [1.29, 1.82) is 0 Å². The molecule has 7 aromatic rings. The average Bonchev–Trinajstić information content (AvgIpc) is 0.785. The minimum Gasteiger partial charge on any atom is -0.459 e. The van der Waals surface area contributed by atoms with Gasteiger partial charge in [-0.2, -0.15) is 0 Å². The summed E-state index contributed by atoms with van der Waals surface area (Å²) in [5.41, 5.74) is -0.182. The number of carbonyl (C=O) groups is 7. The van der Waals surface area contributed by atoms with Crippen LogP contribution in [-0.4, -0.2) is 174 Å². The molecular weight excluding hydrogens is 1170 g/mol. The Morgan fingerprint density at radius 1 is 0.289 bits per heavy atom. The van der Waals surface area contributed by atoms with Crippen LogP contribution in [0.1, 0.15) is 72.5 Å². The topological polar surface area (TPSA) is 311 Å². The highest BCUT2D eigenvalue weighted by molar-refractivity contribution is 5.93. The van der Waals surface area contributed by atoms with Gasteiger partial charge in [-0.25, -0.2) is 33.6 Å². The Hall–Kier alpha value is -9.53. The van der Waals surface area contributed by atoms with Crippen LogP contribution >= 0.6 is 0 Å². The molecule has 3 heterocycles. The van der Waals surface area contributed by atoms with E-state index in [0.29, 0.717) is 0 Å². The second-order valence-corrected chi connectivity index (χ2v) is 20.6. The Balaban J connectivity index is 1.15. The summed E-state index contributed by atoms with van der Waals surface area (Å²) in [6.07, 6.45) is -30.0. The quantitative estimate of drug-likeness (QED) is 0.0511. The molecule has 3 aliphatic rings. The van der Waals surface area contributed by atoms with Crippen molar-refractivity contribution in [2.75, 3.05) is 19.8 Å². The smallest absolute Gasteiger partial charge is 0.340 e. The first-order valence-electron chi connectivity index (χ1n) is 28.4. The second-order valence-electron chi connectivity index (χ2n) is 20.6. The van der Waals surface area contributed by atoms with E-state index in [2.05, 4.69) is 0 Å². The minimum atomic E-state index is -2.23. The number of ether oxygens (including phenoxy) is 12. The van der Waals surface area contributed by atoms with Crippen LogP contribution in [0.2, 0.25) is 0 Å². The highest BCUT2D eigenvalue weighted by Gasteiger charge is 2.59. The molecule has 7 aromatic carbocycles. The largest absolute Gasteiger partial charge is 0.459 e. The maximum absolute atomic E-state index is 14.7. The van der Waals surface area contributed by atoms with Crippen LogP contribution in [-0.2, 0) is 56.8 Å². The van der Waals surface area contributed by atoms with Crippen LogP contribution < -0.4 is 0 Å². The van der Waals surface area contributed by atoms with Gasteiger partial charge >= 0.3 is 41.8 Å². The van der Waals surface area contributed by atoms with Crippen LogP contribution in [0.15, 0.2) is 212 Å². The molecule has 0 bridgehead atoms. The van der Waals surface area contributed by atoms with Gasteiger partial charge in [-0.1, -0.05) is 127 Å². The molecule has 0 spiro atoms. The third-order valence-electron chi connectivity index (χ3n) is 14.6. The van der Waals surface area contributed by atoms with Crippen molar-refractivity contribution in [1.82, 2.24) is 0 Å². The van der Waals surface area contributed by atoms with Crippen molar-refractivity contribution in [3.63, 3.8) is 0 Å². The summed E-state index contributed by atoms with van der Waals surface area (Å²) in [5, 5.41) is 43.7. The number of esters is 7. The number of carbonyl (C=O) groups excluding carboxylic acids is 7. The summed E-state index contributed by atoms with van der Waals surface area (Å²) in [6.45, 7) is -2.65. The maximum atomic E-state index is 14.7. The molecule has 0 aliphatic carbocycles. The molecule has 3 saturated heterocycles. The van der Waals surface area contributed by atoms with E-state index in [-0.39, 0.29) is 38.9 Å². The summed E-state index contributed by atoms with van der Waals surface area (Å²) < 4.78 is 75.6. The summed E-state index contributed by atoms with van der Waals surface area (Å²) >= 11 is 0. The molecule has 0 radical (unpaired) electrons. The number of benzene rings is 7. The van der Waals surface area contributed by atoms with Gasteiger partial charge in [-0.05, 0) is 84.9 Å². The van der Waals surface area contributed by atoms with Gasteiger partial charge in [0.05, 0.1) is 45.6 Å². The Kier molecular flexibility index (Phi) is 21.2. The van der Waals surface area contributed by atoms with E-state index in [1.165, 1.54) is 133 Å². The molecule has 90 heavy (non-hydrogen) atoms. The zero-order chi connectivity index (χ0) is 63.1. The molecule has 4 N–H and O–H groups in total. The van der Waals surface area contributed by atoms with Gasteiger partial charge in [0.25, 0.3) is 0 Å². The summed E-state index contributed by atoms with van der Waals surface area (Å²) in [5.74, 6) is -7.27. The third-order valence-corrected chi connectivity index (χ3v) is 14.6. The first-order valence-corrected chi connectivity index (χ1v) is 28.4. The summed E-state index contributed by atoms with van der Waals surface area (Å²) in [6, 6.07) is 52.8. The fourth-order valence-electron chi connectivity index (χ4n) is 10.0. The van der Waals surface area contributed by atoms with Gasteiger partial charge in [0.2, 0.25) is 12.4 Å². The predicted octanol–water partition coefficient (Wildman–Crippen LogP) is 5.48. The van der Waals surface area contributed by atoms with Gasteiger partial charge in [-0.3, -0.25) is 0 Å². The molecule has 23 heteroatoms. The van der Waals surface area contributed by atoms with Gasteiger partial charge in [-0.15, -0.1) is 0 Å². The Morgan fingerprint density at radius 3 is 0.889 bits per heavy atom. The van der Waals surface area contributed by atoms with E-state index in [1.54, 1.807) is 78.9 Å². The van der Waals surface area contributed by atoms with E-state index in [4.69, 9.17) is 56.8 Å². The highest BCUT2D eigenvalue weighted by atomic mass is 16.8. The molecule has 3 aliphatic heterocycles. The van der Waals surface area contributed by atoms with Crippen molar-refractivity contribution < 1.29 is 111 Å². The van der Waals surface area contributed by atoms with E-state index in [1.807, 2.05) is 0 Å². The molecule has 0 amide bonds. The lowest BCUT2D eigenvalue weighted by molar-refractivity contribution is -0.375. The first kappa shape index (κ1) is 63.5. The van der Waals surface area contributed by atoms with Crippen LogP contribution in [0, 0.1) is 0 Å².